The van der Waals surface area contributed by atoms with Gasteiger partial charge in [-0.05, 0) is 0 Å². The molecule has 0 spiro atoms. The van der Waals surface area contributed by atoms with Gasteiger partial charge < -0.3 is 10.2 Å². The van der Waals surface area contributed by atoms with Crippen molar-refractivity contribution in [3.63, 3.8) is 0 Å². The lowest BCUT2D eigenvalue weighted by Crippen LogP contribution is -1.83. The average Bonchev–Trinajstić information content (AvgIpc) is 2.36. The number of rotatable bonds is 4. The highest BCUT2D eigenvalue weighted by Gasteiger charge is 1.78. The van der Waals surface area contributed by atoms with Gasteiger partial charge in [-0.2, -0.15) is 19.2 Å². The van der Waals surface area contributed by atoms with Crippen LogP contribution in [0.2, 0.25) is 0 Å². The first-order valence-corrected chi connectivity index (χ1v) is 4.40. The minimum atomic E-state index is -0.945. The van der Waals surface area contributed by atoms with Gasteiger partial charge in [0.25, 0.3) is 0 Å². The average molecular weight is 300 g/mol. The zero-order valence-electron chi connectivity index (χ0n) is 10.2. The van der Waals surface area contributed by atoms with Crippen LogP contribution in [0.1, 0.15) is 7.43 Å². The van der Waals surface area contributed by atoms with E-state index in [-0.39, 0.29) is 19.7 Å². The minimum Gasteiger partial charge on any atom is -0.478 e. The van der Waals surface area contributed by atoms with E-state index in [9.17, 15) is 9.59 Å². The summed E-state index contributed by atoms with van der Waals surface area (Å²) >= 11 is 0. The van der Waals surface area contributed by atoms with E-state index in [4.69, 9.17) is 29.4 Å². The number of aliphatic carboxylic acids is 2. The van der Waals surface area contributed by atoms with Crippen molar-refractivity contribution in [3.05, 3.63) is 49.6 Å². The van der Waals surface area contributed by atoms with Crippen molar-refractivity contribution in [3.8, 4) is 0 Å². The molecule has 0 aliphatic rings. The van der Waals surface area contributed by atoms with Crippen LogP contribution in [0.25, 0.3) is 0 Å². The SMILES string of the molecule is C.C=C/C=C/C(=O)O.C=C/C=C\C(=O)O.O=C=O.O=C=O. The molecule has 116 valence electrons. The highest BCUT2D eigenvalue weighted by Crippen LogP contribution is 1.70. The lowest BCUT2D eigenvalue weighted by molar-refractivity contribution is -0.193. The van der Waals surface area contributed by atoms with Crippen LogP contribution in [0.4, 0.5) is 0 Å². The molecule has 0 unspecified atom stereocenters. The topological polar surface area (TPSA) is 143 Å². The summed E-state index contributed by atoms with van der Waals surface area (Å²) in [6, 6.07) is 0. The highest BCUT2D eigenvalue weighted by molar-refractivity contribution is 5.80. The molecular formula is C13H16O8. The van der Waals surface area contributed by atoms with Gasteiger partial charge in [0.2, 0.25) is 0 Å². The maximum absolute atomic E-state index is 9.62. The normalized spacial score (nSPS) is 6.86. The molecule has 0 saturated carbocycles. The summed E-state index contributed by atoms with van der Waals surface area (Å²) in [5.41, 5.74) is 0. The van der Waals surface area contributed by atoms with Crippen molar-refractivity contribution < 1.29 is 39.0 Å². The van der Waals surface area contributed by atoms with Gasteiger partial charge in [0.1, 0.15) is 0 Å². The van der Waals surface area contributed by atoms with E-state index in [1.807, 2.05) is 0 Å². The van der Waals surface area contributed by atoms with Crippen molar-refractivity contribution in [1.82, 2.24) is 0 Å². The second-order valence-electron chi connectivity index (χ2n) is 2.03. The molecule has 0 atom stereocenters. The van der Waals surface area contributed by atoms with Gasteiger partial charge in [0, 0.05) is 12.2 Å². The molecule has 21 heavy (non-hydrogen) atoms. The highest BCUT2D eigenvalue weighted by atomic mass is 16.4. The fraction of sp³-hybridized carbons (Fsp3) is 0.0769. The Morgan fingerprint density at radius 1 is 0.762 bits per heavy atom. The first kappa shape index (κ1) is 30.6. The Balaban J connectivity index is -0.0000000576. The van der Waals surface area contributed by atoms with E-state index in [0.717, 1.165) is 12.2 Å². The fourth-order valence-electron chi connectivity index (χ4n) is 0.301. The molecular weight excluding hydrogens is 284 g/mol. The monoisotopic (exact) mass is 300 g/mol. The van der Waals surface area contributed by atoms with Crippen molar-refractivity contribution in [2.24, 2.45) is 0 Å². The third-order valence-corrected chi connectivity index (χ3v) is 0.750. The third-order valence-electron chi connectivity index (χ3n) is 0.750. The number of carbonyl (C=O) groups excluding carboxylic acids is 4. The maximum Gasteiger partial charge on any atom is 0.373 e. The van der Waals surface area contributed by atoms with E-state index in [1.165, 1.54) is 24.3 Å². The summed E-state index contributed by atoms with van der Waals surface area (Å²) in [5, 5.41) is 15.8. The number of hydrogen-bond donors (Lipinski definition) is 2. The molecule has 2 N–H and O–H groups in total. The van der Waals surface area contributed by atoms with Gasteiger partial charge in [-0.15, -0.1) is 0 Å². The van der Waals surface area contributed by atoms with E-state index >= 15 is 0 Å². The second kappa shape index (κ2) is 36.0. The molecule has 8 heteroatoms. The van der Waals surface area contributed by atoms with Gasteiger partial charge in [-0.25, -0.2) is 9.59 Å². The Hall–Kier alpha value is -3.34. The number of allylic oxidation sites excluding steroid dienone is 4. The van der Waals surface area contributed by atoms with E-state index in [0.29, 0.717) is 0 Å². The molecule has 0 saturated heterocycles. The zero-order chi connectivity index (χ0) is 16.8. The third kappa shape index (κ3) is 165. The van der Waals surface area contributed by atoms with E-state index < -0.39 is 11.9 Å². The summed E-state index contributed by atoms with van der Waals surface area (Å²) in [5.74, 6) is -1.89. The van der Waals surface area contributed by atoms with Crippen LogP contribution in [0.3, 0.4) is 0 Å². The molecule has 0 aliphatic carbocycles. The molecule has 0 amide bonds. The first-order chi connectivity index (χ1) is 9.37. The largest absolute Gasteiger partial charge is 0.478 e. The lowest BCUT2D eigenvalue weighted by Gasteiger charge is -1.70. The standard InChI is InChI=1S/2C5H6O2.2CO2.CH4/c2*1-2-3-4-5(6)7;2*2-1-3;/h2*2-4H,1H2,(H,6,7);;;1H4/b4-3+;4-3-;;;. The van der Waals surface area contributed by atoms with Crippen molar-refractivity contribution in [2.75, 3.05) is 0 Å². The van der Waals surface area contributed by atoms with Gasteiger partial charge >= 0.3 is 24.2 Å². The van der Waals surface area contributed by atoms with Crippen LogP contribution in [0, 0.1) is 0 Å². The second-order valence-corrected chi connectivity index (χ2v) is 2.03. The van der Waals surface area contributed by atoms with Crippen molar-refractivity contribution >= 4 is 24.2 Å². The summed E-state index contributed by atoms with van der Waals surface area (Å²) in [4.78, 5) is 51.7. The van der Waals surface area contributed by atoms with Crippen LogP contribution < -0.4 is 0 Å². The Bertz CT molecular complexity index is 366. The molecule has 0 fully saturated rings. The Labute approximate surface area is 121 Å². The number of carboxylic acids is 2. The smallest absolute Gasteiger partial charge is 0.373 e. The quantitative estimate of drug-likeness (QED) is 0.580. The molecule has 0 aliphatic heterocycles. The molecule has 0 rings (SSSR count). The van der Waals surface area contributed by atoms with Crippen LogP contribution in [-0.4, -0.2) is 34.5 Å². The fourth-order valence-corrected chi connectivity index (χ4v) is 0.301. The molecule has 0 aromatic rings. The first-order valence-electron chi connectivity index (χ1n) is 4.40. The summed E-state index contributed by atoms with van der Waals surface area (Å²) in [7, 11) is 0. The molecule has 8 nitrogen and oxygen atoms in total. The van der Waals surface area contributed by atoms with E-state index in [2.05, 4.69) is 13.2 Å². The Morgan fingerprint density at radius 3 is 1.00 bits per heavy atom. The number of carboxylic acid groups (broad SMARTS) is 2. The van der Waals surface area contributed by atoms with Crippen LogP contribution in [0.15, 0.2) is 49.6 Å². The van der Waals surface area contributed by atoms with E-state index in [1.54, 1.807) is 0 Å². The van der Waals surface area contributed by atoms with Crippen molar-refractivity contribution in [2.45, 2.75) is 7.43 Å². The molecule has 0 aromatic carbocycles. The minimum absolute atomic E-state index is 0. The zero-order valence-corrected chi connectivity index (χ0v) is 10.2. The number of hydrogen-bond acceptors (Lipinski definition) is 6. The van der Waals surface area contributed by atoms with Gasteiger partial charge in [-0.1, -0.05) is 44.9 Å². The Morgan fingerprint density at radius 2 is 0.952 bits per heavy atom. The number of carbonyl (C=O) groups is 2. The summed E-state index contributed by atoms with van der Waals surface area (Å²) in [6.45, 7) is 6.56. The molecule has 0 bridgehead atoms. The van der Waals surface area contributed by atoms with Crippen LogP contribution in [0.5, 0.6) is 0 Å². The Kier molecular flexibility index (Phi) is 52.4. The van der Waals surface area contributed by atoms with Crippen molar-refractivity contribution in [1.29, 1.82) is 0 Å². The predicted molar refractivity (Wildman–Crippen MR) is 70.7 cm³/mol. The molecule has 0 heterocycles. The van der Waals surface area contributed by atoms with Gasteiger partial charge in [-0.3, -0.25) is 0 Å². The lowest BCUT2D eigenvalue weighted by atomic mass is 10.5. The molecule has 0 radical (unpaired) electrons. The summed E-state index contributed by atoms with van der Waals surface area (Å²) < 4.78 is 0. The van der Waals surface area contributed by atoms with Crippen LogP contribution >= 0.6 is 0 Å². The summed E-state index contributed by atoms with van der Waals surface area (Å²) in [6.07, 6.45) is 8.09. The maximum atomic E-state index is 9.62. The van der Waals surface area contributed by atoms with Gasteiger partial charge in [0.15, 0.2) is 0 Å². The van der Waals surface area contributed by atoms with Crippen LogP contribution in [-0.2, 0) is 28.8 Å². The van der Waals surface area contributed by atoms with Gasteiger partial charge in [0.05, 0.1) is 0 Å². The predicted octanol–water partition coefficient (Wildman–Crippen LogP) is 1.10. The molecule has 0 aromatic heterocycles.